The van der Waals surface area contributed by atoms with Gasteiger partial charge in [0.15, 0.2) is 0 Å². The van der Waals surface area contributed by atoms with E-state index in [9.17, 15) is 0 Å². The van der Waals surface area contributed by atoms with Crippen LogP contribution in [0.25, 0.3) is 0 Å². The van der Waals surface area contributed by atoms with Gasteiger partial charge >= 0.3 is 0 Å². The van der Waals surface area contributed by atoms with Crippen LogP contribution in [0.2, 0.25) is 0 Å². The average molecular weight is 209 g/mol. The minimum absolute atomic E-state index is 0.596. The number of nitrogens with two attached hydrogens (primary N) is 1. The molecule has 0 bridgehead atoms. The summed E-state index contributed by atoms with van der Waals surface area (Å²) in [4.78, 5) is 1.42. The van der Waals surface area contributed by atoms with Crippen molar-refractivity contribution in [2.24, 2.45) is 11.7 Å². The molecule has 0 aliphatic rings. The molecule has 0 aliphatic carbocycles. The van der Waals surface area contributed by atoms with Crippen molar-refractivity contribution in [3.8, 4) is 0 Å². The Balaban J connectivity index is 2.66. The number of hydrogen-bond donors (Lipinski definition) is 1. The van der Waals surface area contributed by atoms with Gasteiger partial charge in [0, 0.05) is 10.6 Å². The second-order valence-electron chi connectivity index (χ2n) is 3.87. The first-order chi connectivity index (χ1) is 6.65. The lowest BCUT2D eigenvalue weighted by Gasteiger charge is -2.11. The Kier molecular flexibility index (Phi) is 4.49. The fourth-order valence-corrected chi connectivity index (χ4v) is 2.50. The van der Waals surface area contributed by atoms with Crippen molar-refractivity contribution in [1.82, 2.24) is 0 Å². The van der Waals surface area contributed by atoms with Gasteiger partial charge < -0.3 is 5.73 Å². The third-order valence-corrected chi connectivity index (χ3v) is 3.99. The van der Waals surface area contributed by atoms with Crippen LogP contribution in [0.4, 0.5) is 0 Å². The van der Waals surface area contributed by atoms with Gasteiger partial charge in [0.25, 0.3) is 0 Å². The fraction of sp³-hybridized carbons (Fsp3) is 0.500. The summed E-state index contributed by atoms with van der Waals surface area (Å²) < 4.78 is 0. The predicted octanol–water partition coefficient (Wildman–Crippen LogP) is 2.99. The van der Waals surface area contributed by atoms with E-state index in [0.29, 0.717) is 5.92 Å². The quantitative estimate of drug-likeness (QED) is 0.771. The number of benzene rings is 1. The predicted molar refractivity (Wildman–Crippen MR) is 64.9 cm³/mol. The molecule has 0 unspecified atom stereocenters. The third-order valence-electron chi connectivity index (χ3n) is 2.32. The van der Waals surface area contributed by atoms with E-state index in [2.05, 4.69) is 39.0 Å². The maximum atomic E-state index is 5.60. The second kappa shape index (κ2) is 5.42. The Morgan fingerprint density at radius 1 is 1.29 bits per heavy atom. The molecule has 1 aromatic carbocycles. The molecule has 0 saturated carbocycles. The molecule has 2 N–H and O–H groups in total. The molecule has 2 heteroatoms. The van der Waals surface area contributed by atoms with Crippen molar-refractivity contribution in [2.75, 3.05) is 12.3 Å². The van der Waals surface area contributed by atoms with E-state index in [-0.39, 0.29) is 0 Å². The molecule has 0 spiro atoms. The van der Waals surface area contributed by atoms with Gasteiger partial charge in [-0.3, -0.25) is 0 Å². The molecule has 1 atom stereocenters. The Hall–Kier alpha value is -0.470. The Morgan fingerprint density at radius 2 is 1.86 bits per heavy atom. The molecular weight excluding hydrogens is 190 g/mol. The third kappa shape index (κ3) is 3.03. The van der Waals surface area contributed by atoms with Gasteiger partial charge in [0.1, 0.15) is 0 Å². The average Bonchev–Trinajstić information content (AvgIpc) is 2.16. The van der Waals surface area contributed by atoms with E-state index in [0.717, 1.165) is 12.3 Å². The smallest absolute Gasteiger partial charge is 0.0130 e. The first-order valence-corrected chi connectivity index (χ1v) is 6.02. The summed E-state index contributed by atoms with van der Waals surface area (Å²) in [6.45, 7) is 7.31. The van der Waals surface area contributed by atoms with Crippen LogP contribution >= 0.6 is 11.8 Å². The van der Waals surface area contributed by atoms with E-state index in [1.54, 1.807) is 0 Å². The minimum Gasteiger partial charge on any atom is -0.330 e. The van der Waals surface area contributed by atoms with Crippen molar-refractivity contribution in [2.45, 2.75) is 25.7 Å². The van der Waals surface area contributed by atoms with E-state index in [1.165, 1.54) is 16.0 Å². The number of hydrogen-bond acceptors (Lipinski definition) is 2. The van der Waals surface area contributed by atoms with Gasteiger partial charge in [-0.25, -0.2) is 0 Å². The van der Waals surface area contributed by atoms with Crippen LogP contribution in [0.1, 0.15) is 18.1 Å². The summed E-state index contributed by atoms with van der Waals surface area (Å²) in [6.07, 6.45) is 0. The largest absolute Gasteiger partial charge is 0.330 e. The van der Waals surface area contributed by atoms with E-state index >= 15 is 0 Å². The van der Waals surface area contributed by atoms with Crippen LogP contribution in [0.15, 0.2) is 23.1 Å². The fourth-order valence-electron chi connectivity index (χ4n) is 1.32. The molecular formula is C12H19NS. The zero-order valence-electron chi connectivity index (χ0n) is 9.21. The van der Waals surface area contributed by atoms with Crippen LogP contribution in [-0.4, -0.2) is 12.3 Å². The lowest BCUT2D eigenvalue weighted by Crippen LogP contribution is -2.12. The molecule has 1 nitrogen and oxygen atoms in total. The summed E-state index contributed by atoms with van der Waals surface area (Å²) >= 11 is 1.93. The first kappa shape index (κ1) is 11.6. The monoisotopic (exact) mass is 209 g/mol. The van der Waals surface area contributed by atoms with Gasteiger partial charge in [-0.2, -0.15) is 0 Å². The highest BCUT2D eigenvalue weighted by molar-refractivity contribution is 7.99. The van der Waals surface area contributed by atoms with Gasteiger partial charge in [0.2, 0.25) is 0 Å². The molecule has 0 saturated heterocycles. The van der Waals surface area contributed by atoms with Crippen LogP contribution < -0.4 is 5.73 Å². The highest BCUT2D eigenvalue weighted by atomic mass is 32.2. The van der Waals surface area contributed by atoms with E-state index < -0.39 is 0 Å². The molecule has 78 valence electrons. The molecule has 0 amide bonds. The van der Waals surface area contributed by atoms with Crippen molar-refractivity contribution in [1.29, 1.82) is 0 Å². The molecule has 0 heterocycles. The highest BCUT2D eigenvalue weighted by Crippen LogP contribution is 2.27. The molecule has 0 fully saturated rings. The number of aryl methyl sites for hydroxylation is 2. The Bertz CT molecular complexity index is 276. The summed E-state index contributed by atoms with van der Waals surface area (Å²) in [5.74, 6) is 1.71. The van der Waals surface area contributed by atoms with Crippen LogP contribution in [0, 0.1) is 19.8 Å². The number of rotatable bonds is 4. The van der Waals surface area contributed by atoms with E-state index in [1.807, 2.05) is 11.8 Å². The maximum Gasteiger partial charge on any atom is 0.0130 e. The van der Waals surface area contributed by atoms with Crippen LogP contribution in [0.3, 0.4) is 0 Å². The maximum absolute atomic E-state index is 5.60. The summed E-state index contributed by atoms with van der Waals surface area (Å²) in [5.41, 5.74) is 8.35. The summed E-state index contributed by atoms with van der Waals surface area (Å²) in [7, 11) is 0. The molecule has 0 radical (unpaired) electrons. The minimum atomic E-state index is 0.596. The summed E-state index contributed by atoms with van der Waals surface area (Å²) in [6, 6.07) is 6.45. The van der Waals surface area contributed by atoms with Crippen LogP contribution in [-0.2, 0) is 0 Å². The zero-order valence-corrected chi connectivity index (χ0v) is 10.0. The molecule has 0 aliphatic heterocycles. The van der Waals surface area contributed by atoms with Gasteiger partial charge in [-0.1, -0.05) is 25.1 Å². The molecule has 0 aromatic heterocycles. The molecule has 14 heavy (non-hydrogen) atoms. The SMILES string of the molecule is Cc1cccc(C)c1SC[C@@H](C)CN. The van der Waals surface area contributed by atoms with Gasteiger partial charge in [0.05, 0.1) is 0 Å². The number of thioether (sulfide) groups is 1. The summed E-state index contributed by atoms with van der Waals surface area (Å²) in [5, 5.41) is 0. The Labute approximate surface area is 91.1 Å². The van der Waals surface area contributed by atoms with E-state index in [4.69, 9.17) is 5.73 Å². The van der Waals surface area contributed by atoms with Crippen molar-refractivity contribution in [3.63, 3.8) is 0 Å². The highest BCUT2D eigenvalue weighted by Gasteiger charge is 2.05. The van der Waals surface area contributed by atoms with Crippen molar-refractivity contribution < 1.29 is 0 Å². The van der Waals surface area contributed by atoms with Crippen LogP contribution in [0.5, 0.6) is 0 Å². The zero-order chi connectivity index (χ0) is 10.6. The lowest BCUT2D eigenvalue weighted by molar-refractivity contribution is 0.675. The molecule has 1 aromatic rings. The standard InChI is InChI=1S/C12H19NS/c1-9(7-13)8-14-12-10(2)5-4-6-11(12)3/h4-6,9H,7-8,13H2,1-3H3/t9-/m0/s1. The Morgan fingerprint density at radius 3 is 2.36 bits per heavy atom. The van der Waals surface area contributed by atoms with Gasteiger partial charge in [-0.05, 0) is 37.4 Å². The normalized spacial score (nSPS) is 12.9. The van der Waals surface area contributed by atoms with Crippen molar-refractivity contribution in [3.05, 3.63) is 29.3 Å². The topological polar surface area (TPSA) is 26.0 Å². The second-order valence-corrected chi connectivity index (χ2v) is 4.90. The molecule has 1 rings (SSSR count). The lowest BCUT2D eigenvalue weighted by atomic mass is 10.2. The first-order valence-electron chi connectivity index (χ1n) is 5.04. The van der Waals surface area contributed by atoms with Gasteiger partial charge in [-0.15, -0.1) is 11.8 Å². The van der Waals surface area contributed by atoms with Crippen molar-refractivity contribution >= 4 is 11.8 Å².